The van der Waals surface area contributed by atoms with Crippen molar-refractivity contribution in [1.82, 2.24) is 0 Å². The fourth-order valence-corrected chi connectivity index (χ4v) is 1.95. The summed E-state index contributed by atoms with van der Waals surface area (Å²) in [7, 11) is 0. The van der Waals surface area contributed by atoms with Crippen molar-refractivity contribution in [3.05, 3.63) is 64.2 Å². The number of rotatable bonds is 3. The molecule has 19 heavy (non-hydrogen) atoms. The molecule has 96 valence electrons. The Kier molecular flexibility index (Phi) is 3.97. The molecule has 0 aromatic heterocycles. The second-order valence-electron chi connectivity index (χ2n) is 4.05. The van der Waals surface area contributed by atoms with E-state index in [1.807, 2.05) is 31.2 Å². The normalized spacial score (nSPS) is 10.8. The summed E-state index contributed by atoms with van der Waals surface area (Å²) in [5, 5.41) is 9.33. The summed E-state index contributed by atoms with van der Waals surface area (Å²) in [5.74, 6) is -1.08. The van der Waals surface area contributed by atoms with Crippen LogP contribution in [0.25, 0.3) is 0 Å². The van der Waals surface area contributed by atoms with Gasteiger partial charge in [0, 0.05) is 6.21 Å². The number of nitrogens with zero attached hydrogens (tertiary/aromatic N) is 1. The van der Waals surface area contributed by atoms with Crippen LogP contribution in [-0.2, 0) is 0 Å². The van der Waals surface area contributed by atoms with Crippen LogP contribution >= 0.6 is 11.6 Å². The summed E-state index contributed by atoms with van der Waals surface area (Å²) in [4.78, 5) is 15.4. The third kappa shape index (κ3) is 3.01. The molecule has 0 atom stereocenters. The lowest BCUT2D eigenvalue weighted by Crippen LogP contribution is -1.98. The lowest BCUT2D eigenvalue weighted by molar-refractivity contribution is 0.0698. The summed E-state index contributed by atoms with van der Waals surface area (Å²) in [5.41, 5.74) is 2.39. The zero-order valence-electron chi connectivity index (χ0n) is 10.3. The second kappa shape index (κ2) is 5.67. The number of carbonyl (C=O) groups is 1. The first-order valence-corrected chi connectivity index (χ1v) is 6.09. The van der Waals surface area contributed by atoms with E-state index in [4.69, 9.17) is 16.7 Å². The Morgan fingerprint density at radius 1 is 1.21 bits per heavy atom. The first-order valence-electron chi connectivity index (χ1n) is 5.71. The summed E-state index contributed by atoms with van der Waals surface area (Å²) in [6.07, 6.45) is 1.65. The Balaban J connectivity index is 2.42. The van der Waals surface area contributed by atoms with Crippen molar-refractivity contribution in [1.29, 1.82) is 0 Å². The predicted octanol–water partition coefficient (Wildman–Crippen LogP) is 4.10. The highest BCUT2D eigenvalue weighted by atomic mass is 35.5. The van der Waals surface area contributed by atoms with Gasteiger partial charge in [-0.1, -0.05) is 41.9 Å². The molecule has 0 heterocycles. The van der Waals surface area contributed by atoms with Gasteiger partial charge in [0.2, 0.25) is 0 Å². The van der Waals surface area contributed by atoms with Gasteiger partial charge >= 0.3 is 5.97 Å². The van der Waals surface area contributed by atoms with Gasteiger partial charge in [0.05, 0.1) is 10.7 Å². The number of aryl methyl sites for hydroxylation is 1. The molecular formula is C15H12ClNO2. The van der Waals surface area contributed by atoms with Crippen molar-refractivity contribution in [3.63, 3.8) is 0 Å². The van der Waals surface area contributed by atoms with Gasteiger partial charge in [-0.25, -0.2) is 4.79 Å². The molecule has 2 aromatic carbocycles. The van der Waals surface area contributed by atoms with Crippen LogP contribution in [0.1, 0.15) is 21.5 Å². The van der Waals surface area contributed by atoms with Gasteiger partial charge in [0.1, 0.15) is 5.56 Å². The number of hydrogen-bond donors (Lipinski definition) is 1. The monoisotopic (exact) mass is 273 g/mol. The van der Waals surface area contributed by atoms with Gasteiger partial charge in [0.25, 0.3) is 0 Å². The largest absolute Gasteiger partial charge is 0.478 e. The van der Waals surface area contributed by atoms with Crippen molar-refractivity contribution in [3.8, 4) is 0 Å². The van der Waals surface area contributed by atoms with Crippen LogP contribution in [0.3, 0.4) is 0 Å². The highest BCUT2D eigenvalue weighted by Crippen LogP contribution is 2.26. The Morgan fingerprint density at radius 3 is 2.63 bits per heavy atom. The minimum atomic E-state index is -1.08. The van der Waals surface area contributed by atoms with E-state index in [0.29, 0.717) is 5.69 Å². The number of aliphatic imine (C=N–C) groups is 1. The van der Waals surface area contributed by atoms with Gasteiger partial charge in [-0.3, -0.25) is 4.99 Å². The molecular weight excluding hydrogens is 262 g/mol. The fraction of sp³-hybridized carbons (Fsp3) is 0.0667. The molecule has 0 saturated carbocycles. The number of carboxylic acid groups (broad SMARTS) is 1. The fourth-order valence-electron chi connectivity index (χ4n) is 1.70. The number of halogens is 1. The van der Waals surface area contributed by atoms with Crippen molar-refractivity contribution in [2.45, 2.75) is 6.92 Å². The van der Waals surface area contributed by atoms with E-state index in [0.717, 1.165) is 11.1 Å². The van der Waals surface area contributed by atoms with E-state index < -0.39 is 5.97 Å². The molecule has 0 unspecified atom stereocenters. The van der Waals surface area contributed by atoms with Gasteiger partial charge in [-0.2, -0.15) is 0 Å². The minimum absolute atomic E-state index is 0.0222. The quantitative estimate of drug-likeness (QED) is 0.856. The Labute approximate surface area is 116 Å². The van der Waals surface area contributed by atoms with Gasteiger partial charge in [-0.15, -0.1) is 0 Å². The van der Waals surface area contributed by atoms with E-state index in [1.54, 1.807) is 18.3 Å². The first-order chi connectivity index (χ1) is 9.09. The van der Waals surface area contributed by atoms with Crippen LogP contribution in [0, 0.1) is 6.92 Å². The molecule has 0 aliphatic carbocycles. The third-order valence-electron chi connectivity index (χ3n) is 2.74. The molecule has 0 aliphatic heterocycles. The molecule has 0 aliphatic rings. The van der Waals surface area contributed by atoms with Crippen LogP contribution in [0.5, 0.6) is 0 Å². The molecule has 0 amide bonds. The molecule has 0 saturated heterocycles. The topological polar surface area (TPSA) is 49.7 Å². The molecule has 4 heteroatoms. The van der Waals surface area contributed by atoms with Crippen LogP contribution in [0.4, 0.5) is 5.69 Å². The number of benzene rings is 2. The van der Waals surface area contributed by atoms with E-state index in [1.165, 1.54) is 6.07 Å². The highest BCUT2D eigenvalue weighted by Gasteiger charge is 2.13. The Morgan fingerprint density at radius 2 is 1.95 bits per heavy atom. The van der Waals surface area contributed by atoms with Crippen LogP contribution in [0.15, 0.2) is 47.5 Å². The smallest absolute Gasteiger partial charge is 0.339 e. The van der Waals surface area contributed by atoms with Gasteiger partial charge in [-0.05, 0) is 30.2 Å². The SMILES string of the molecule is Cc1ccccc1/C=N/c1cccc(Cl)c1C(=O)O. The molecule has 1 N–H and O–H groups in total. The summed E-state index contributed by atoms with van der Waals surface area (Å²) in [6.45, 7) is 1.97. The summed E-state index contributed by atoms with van der Waals surface area (Å²) in [6, 6.07) is 12.6. The van der Waals surface area contributed by atoms with Crippen molar-refractivity contribution in [2.75, 3.05) is 0 Å². The molecule has 0 bridgehead atoms. The van der Waals surface area contributed by atoms with E-state index in [9.17, 15) is 4.79 Å². The summed E-state index contributed by atoms with van der Waals surface area (Å²) >= 11 is 5.88. The van der Waals surface area contributed by atoms with Crippen LogP contribution < -0.4 is 0 Å². The van der Waals surface area contributed by atoms with Gasteiger partial charge in [0.15, 0.2) is 0 Å². The maximum absolute atomic E-state index is 11.2. The maximum atomic E-state index is 11.2. The average molecular weight is 274 g/mol. The second-order valence-corrected chi connectivity index (χ2v) is 4.46. The average Bonchev–Trinajstić information content (AvgIpc) is 2.37. The van der Waals surface area contributed by atoms with E-state index >= 15 is 0 Å². The van der Waals surface area contributed by atoms with E-state index in [2.05, 4.69) is 4.99 Å². The molecule has 0 radical (unpaired) electrons. The number of carboxylic acids is 1. The van der Waals surface area contributed by atoms with Gasteiger partial charge < -0.3 is 5.11 Å². The number of hydrogen-bond acceptors (Lipinski definition) is 2. The molecule has 0 spiro atoms. The third-order valence-corrected chi connectivity index (χ3v) is 3.05. The molecule has 0 fully saturated rings. The zero-order chi connectivity index (χ0) is 13.8. The lowest BCUT2D eigenvalue weighted by Gasteiger charge is -2.03. The first kappa shape index (κ1) is 13.3. The molecule has 2 aromatic rings. The van der Waals surface area contributed by atoms with E-state index in [-0.39, 0.29) is 10.6 Å². The number of aromatic carboxylic acids is 1. The molecule has 2 rings (SSSR count). The lowest BCUT2D eigenvalue weighted by atomic mass is 10.1. The van der Waals surface area contributed by atoms with Crippen molar-refractivity contribution in [2.24, 2.45) is 4.99 Å². The summed E-state index contributed by atoms with van der Waals surface area (Å²) < 4.78 is 0. The van der Waals surface area contributed by atoms with Crippen LogP contribution in [-0.4, -0.2) is 17.3 Å². The minimum Gasteiger partial charge on any atom is -0.478 e. The standard InChI is InChI=1S/C15H12ClNO2/c1-10-5-2-3-6-11(10)9-17-13-8-4-7-12(16)14(13)15(18)19/h2-9H,1H3,(H,18,19)/b17-9+. The Hall–Kier alpha value is -2.13. The Bertz CT molecular complexity index is 650. The highest BCUT2D eigenvalue weighted by molar-refractivity contribution is 6.34. The molecule has 3 nitrogen and oxygen atoms in total. The van der Waals surface area contributed by atoms with Crippen molar-refractivity contribution >= 4 is 29.5 Å². The predicted molar refractivity (Wildman–Crippen MR) is 76.8 cm³/mol. The zero-order valence-corrected chi connectivity index (χ0v) is 11.1. The van der Waals surface area contributed by atoms with Crippen LogP contribution in [0.2, 0.25) is 5.02 Å². The maximum Gasteiger partial charge on any atom is 0.339 e. The van der Waals surface area contributed by atoms with Crippen molar-refractivity contribution < 1.29 is 9.90 Å².